The van der Waals surface area contributed by atoms with Crippen molar-refractivity contribution in [3.05, 3.63) is 23.8 Å². The molecule has 26 heavy (non-hydrogen) atoms. The van der Waals surface area contributed by atoms with Crippen molar-refractivity contribution in [3.8, 4) is 11.5 Å². The van der Waals surface area contributed by atoms with Gasteiger partial charge < -0.3 is 25.2 Å². The quantitative estimate of drug-likeness (QED) is 0.606. The number of carbonyl (C=O) groups is 1. The Labute approximate surface area is 163 Å². The van der Waals surface area contributed by atoms with Crippen LogP contribution in [0.1, 0.15) is 47.1 Å². The van der Waals surface area contributed by atoms with Crippen molar-refractivity contribution >= 4 is 18.3 Å². The predicted octanol–water partition coefficient (Wildman–Crippen LogP) is 2.66. The van der Waals surface area contributed by atoms with Gasteiger partial charge in [-0.15, -0.1) is 12.4 Å². The van der Waals surface area contributed by atoms with Crippen LogP contribution in [0.2, 0.25) is 0 Å². The number of rotatable bonds is 9. The van der Waals surface area contributed by atoms with Crippen molar-refractivity contribution in [2.45, 2.75) is 59.2 Å². The van der Waals surface area contributed by atoms with E-state index in [4.69, 9.17) is 9.47 Å². The van der Waals surface area contributed by atoms with Gasteiger partial charge in [-0.05, 0) is 59.2 Å². The molecular formula is C19H33ClN2O4. The molecule has 1 aromatic rings. The lowest BCUT2D eigenvalue weighted by Gasteiger charge is -2.24. The Balaban J connectivity index is 0.00000625. The van der Waals surface area contributed by atoms with Crippen LogP contribution in [-0.4, -0.2) is 41.9 Å². The van der Waals surface area contributed by atoms with Gasteiger partial charge in [-0.1, -0.05) is 6.07 Å². The average molecular weight is 389 g/mol. The fourth-order valence-corrected chi connectivity index (χ4v) is 2.04. The number of aliphatic hydroxyl groups is 1. The summed E-state index contributed by atoms with van der Waals surface area (Å²) in [5.41, 5.74) is 0.362. The lowest BCUT2D eigenvalue weighted by Crippen LogP contribution is -2.43. The van der Waals surface area contributed by atoms with E-state index in [9.17, 15) is 9.90 Å². The van der Waals surface area contributed by atoms with Gasteiger partial charge in [0, 0.05) is 17.6 Å². The molecule has 0 fully saturated rings. The maximum atomic E-state index is 11.9. The molecule has 0 saturated carbocycles. The minimum absolute atomic E-state index is 0. The zero-order valence-corrected chi connectivity index (χ0v) is 17.5. The monoisotopic (exact) mass is 388 g/mol. The lowest BCUT2D eigenvalue weighted by atomic mass is 10.1. The summed E-state index contributed by atoms with van der Waals surface area (Å²) in [4.78, 5) is 11.9. The highest BCUT2D eigenvalue weighted by Crippen LogP contribution is 2.28. The Morgan fingerprint density at radius 2 is 1.77 bits per heavy atom. The summed E-state index contributed by atoms with van der Waals surface area (Å²) in [6.07, 6.45) is 0. The third kappa shape index (κ3) is 9.27. The normalized spacial score (nSPS) is 11.5. The molecular weight excluding hydrogens is 356 g/mol. The number of ether oxygens (including phenoxy) is 2. The minimum Gasteiger partial charge on any atom is -0.490 e. The van der Waals surface area contributed by atoms with Gasteiger partial charge >= 0.3 is 0 Å². The summed E-state index contributed by atoms with van der Waals surface area (Å²) < 4.78 is 11.3. The van der Waals surface area contributed by atoms with Crippen LogP contribution in [0.15, 0.2) is 18.2 Å². The van der Waals surface area contributed by atoms with Crippen LogP contribution in [0.25, 0.3) is 0 Å². The molecule has 3 N–H and O–H groups in total. The summed E-state index contributed by atoms with van der Waals surface area (Å²) in [6, 6.07) is 5.61. The van der Waals surface area contributed by atoms with E-state index in [0.717, 1.165) is 5.56 Å². The fraction of sp³-hybridized carbons (Fsp3) is 0.632. The molecule has 1 rings (SSSR count). The molecule has 1 aromatic carbocycles. The zero-order chi connectivity index (χ0) is 19.1. The van der Waals surface area contributed by atoms with Crippen molar-refractivity contribution in [2.75, 3.05) is 19.8 Å². The third-order valence-corrected chi connectivity index (χ3v) is 3.35. The molecule has 0 bridgehead atoms. The van der Waals surface area contributed by atoms with Gasteiger partial charge in [0.2, 0.25) is 0 Å². The van der Waals surface area contributed by atoms with Crippen LogP contribution in [0, 0.1) is 0 Å². The SMILES string of the molecule is CCOc1cc(CNC(C)(C)CO)ccc1OCC(=O)NC(C)(C)C.Cl. The largest absolute Gasteiger partial charge is 0.490 e. The highest BCUT2D eigenvalue weighted by atomic mass is 35.5. The lowest BCUT2D eigenvalue weighted by molar-refractivity contribution is -0.124. The molecule has 7 heteroatoms. The Morgan fingerprint density at radius 1 is 1.12 bits per heavy atom. The first-order chi connectivity index (χ1) is 11.6. The molecule has 0 aliphatic carbocycles. The highest BCUT2D eigenvalue weighted by Gasteiger charge is 2.17. The van der Waals surface area contributed by atoms with Gasteiger partial charge in [-0.25, -0.2) is 0 Å². The zero-order valence-electron chi connectivity index (χ0n) is 16.6. The first-order valence-corrected chi connectivity index (χ1v) is 8.62. The molecule has 1 amide bonds. The highest BCUT2D eigenvalue weighted by molar-refractivity contribution is 5.85. The molecule has 0 aromatic heterocycles. The smallest absolute Gasteiger partial charge is 0.258 e. The first-order valence-electron chi connectivity index (χ1n) is 8.62. The molecule has 6 nitrogen and oxygen atoms in total. The Kier molecular flexibility index (Phi) is 9.99. The number of amides is 1. The van der Waals surface area contributed by atoms with Crippen molar-refractivity contribution in [1.82, 2.24) is 10.6 Å². The van der Waals surface area contributed by atoms with Crippen molar-refractivity contribution in [3.63, 3.8) is 0 Å². The summed E-state index contributed by atoms with van der Waals surface area (Å²) in [6.45, 7) is 12.6. The van der Waals surface area contributed by atoms with E-state index in [0.29, 0.717) is 24.7 Å². The summed E-state index contributed by atoms with van der Waals surface area (Å²) >= 11 is 0. The standard InChI is InChI=1S/C19H32N2O4.ClH/c1-7-24-16-10-14(11-20-19(5,6)13-22)8-9-15(16)25-12-17(23)21-18(2,3)4;/h8-10,20,22H,7,11-13H2,1-6H3,(H,21,23);1H. The van der Waals surface area contributed by atoms with Crippen LogP contribution >= 0.6 is 12.4 Å². The summed E-state index contributed by atoms with van der Waals surface area (Å²) in [7, 11) is 0. The average Bonchev–Trinajstić information content (AvgIpc) is 2.51. The van der Waals surface area contributed by atoms with Gasteiger partial charge in [0.05, 0.1) is 13.2 Å². The maximum absolute atomic E-state index is 11.9. The predicted molar refractivity (Wildman–Crippen MR) is 106 cm³/mol. The number of aliphatic hydroxyl groups excluding tert-OH is 1. The molecule has 0 heterocycles. The third-order valence-electron chi connectivity index (χ3n) is 3.35. The van der Waals surface area contributed by atoms with Gasteiger partial charge in [-0.2, -0.15) is 0 Å². The number of hydrogen-bond donors (Lipinski definition) is 3. The molecule has 150 valence electrons. The summed E-state index contributed by atoms with van der Waals surface area (Å²) in [5.74, 6) is 0.966. The van der Waals surface area contributed by atoms with Crippen LogP contribution in [0.3, 0.4) is 0 Å². The van der Waals surface area contributed by atoms with E-state index < -0.39 is 0 Å². The van der Waals surface area contributed by atoms with Gasteiger partial charge in [0.1, 0.15) is 0 Å². The Hall–Kier alpha value is -1.50. The van der Waals surface area contributed by atoms with E-state index in [2.05, 4.69) is 10.6 Å². The van der Waals surface area contributed by atoms with E-state index in [-0.39, 0.29) is 42.6 Å². The van der Waals surface area contributed by atoms with E-state index >= 15 is 0 Å². The molecule has 0 aliphatic rings. The maximum Gasteiger partial charge on any atom is 0.258 e. The molecule has 0 atom stereocenters. The molecule has 0 radical (unpaired) electrons. The van der Waals surface area contributed by atoms with Gasteiger partial charge in [0.25, 0.3) is 5.91 Å². The van der Waals surface area contributed by atoms with Crippen LogP contribution in [-0.2, 0) is 11.3 Å². The van der Waals surface area contributed by atoms with Crippen LogP contribution in [0.4, 0.5) is 0 Å². The van der Waals surface area contributed by atoms with Crippen LogP contribution in [0.5, 0.6) is 11.5 Å². The second-order valence-corrected chi connectivity index (χ2v) is 7.70. The Bertz CT molecular complexity index is 571. The van der Waals surface area contributed by atoms with Crippen molar-refractivity contribution in [2.24, 2.45) is 0 Å². The number of halogens is 1. The van der Waals surface area contributed by atoms with E-state index in [1.165, 1.54) is 0 Å². The van der Waals surface area contributed by atoms with E-state index in [1.807, 2.05) is 53.7 Å². The second-order valence-electron chi connectivity index (χ2n) is 7.70. The molecule has 0 unspecified atom stereocenters. The number of carbonyl (C=O) groups excluding carboxylic acids is 1. The van der Waals surface area contributed by atoms with Crippen LogP contribution < -0.4 is 20.1 Å². The summed E-state index contributed by atoms with van der Waals surface area (Å²) in [5, 5.41) is 15.4. The number of hydrogen-bond acceptors (Lipinski definition) is 5. The molecule has 0 saturated heterocycles. The second kappa shape index (κ2) is 10.6. The topological polar surface area (TPSA) is 79.8 Å². The molecule has 0 aliphatic heterocycles. The minimum atomic E-state index is -0.355. The van der Waals surface area contributed by atoms with Crippen molar-refractivity contribution in [1.29, 1.82) is 0 Å². The molecule has 0 spiro atoms. The van der Waals surface area contributed by atoms with Crippen molar-refractivity contribution < 1.29 is 19.4 Å². The van der Waals surface area contributed by atoms with Gasteiger partial charge in [0.15, 0.2) is 18.1 Å². The Morgan fingerprint density at radius 3 is 2.31 bits per heavy atom. The van der Waals surface area contributed by atoms with Gasteiger partial charge in [-0.3, -0.25) is 4.79 Å². The number of nitrogens with one attached hydrogen (secondary N) is 2. The fourth-order valence-electron chi connectivity index (χ4n) is 2.04. The number of benzene rings is 1. The first kappa shape index (κ1) is 24.5. The van der Waals surface area contributed by atoms with E-state index in [1.54, 1.807) is 6.07 Å².